The van der Waals surface area contributed by atoms with E-state index >= 15 is 0 Å². The Kier molecular flexibility index (Phi) is 8.20. The molecule has 1 amide bonds. The Balaban J connectivity index is 1.79. The van der Waals surface area contributed by atoms with Gasteiger partial charge in [-0.3, -0.25) is 4.79 Å². The molecule has 1 aliphatic carbocycles. The first kappa shape index (κ1) is 24.9. The van der Waals surface area contributed by atoms with Crippen LogP contribution in [0.25, 0.3) is 0 Å². The summed E-state index contributed by atoms with van der Waals surface area (Å²) in [4.78, 5) is 13.2. The standard InChI is InChI=1S/C27H26Cl2FNO2/c1-18(31-26(32)27(2,3)33-24-16-22(29)15-23(30)17-24)25(20-8-6-4-5-7-9-20)14-19-10-12-21(28)13-11-19/h4,6-13,15-18,25H,14H2,1-3H3,(H,31,32). The van der Waals surface area contributed by atoms with Crippen LogP contribution in [0.3, 0.4) is 0 Å². The van der Waals surface area contributed by atoms with E-state index in [9.17, 15) is 9.18 Å². The second kappa shape index (κ2) is 10.9. The molecular weight excluding hydrogens is 460 g/mol. The molecule has 3 nitrogen and oxygen atoms in total. The van der Waals surface area contributed by atoms with Gasteiger partial charge in [0.2, 0.25) is 0 Å². The maximum Gasteiger partial charge on any atom is 0.263 e. The van der Waals surface area contributed by atoms with E-state index in [1.807, 2.05) is 61.6 Å². The molecule has 0 heterocycles. The average molecular weight is 486 g/mol. The van der Waals surface area contributed by atoms with E-state index in [-0.39, 0.29) is 28.6 Å². The second-order valence-corrected chi connectivity index (χ2v) is 9.32. The van der Waals surface area contributed by atoms with Crippen molar-refractivity contribution in [3.8, 4) is 5.75 Å². The van der Waals surface area contributed by atoms with Crippen molar-refractivity contribution in [3.63, 3.8) is 0 Å². The van der Waals surface area contributed by atoms with Gasteiger partial charge in [0.05, 0.1) is 0 Å². The number of rotatable bonds is 8. The summed E-state index contributed by atoms with van der Waals surface area (Å²) in [6.07, 6.45) is 10.4. The second-order valence-electron chi connectivity index (χ2n) is 8.44. The van der Waals surface area contributed by atoms with Crippen LogP contribution in [0.2, 0.25) is 10.0 Å². The number of benzene rings is 2. The molecular formula is C27H26Cl2FNO2. The number of ether oxygens (including phenoxy) is 1. The van der Waals surface area contributed by atoms with Crippen LogP contribution < -0.4 is 10.1 Å². The van der Waals surface area contributed by atoms with Crippen LogP contribution in [-0.2, 0) is 11.2 Å². The minimum absolute atomic E-state index is 0.0182. The van der Waals surface area contributed by atoms with E-state index in [2.05, 4.69) is 11.0 Å². The molecule has 0 aliphatic heterocycles. The molecule has 1 aliphatic rings. The molecule has 0 aromatic heterocycles. The van der Waals surface area contributed by atoms with Crippen LogP contribution in [-0.4, -0.2) is 17.6 Å². The SMILES string of the molecule is CC(NC(=O)C(C)(C)Oc1cc(F)cc(Cl)c1)C(Cc1ccc(Cl)cc1)C1=CC=C=CC=C1. The van der Waals surface area contributed by atoms with Crippen molar-refractivity contribution in [1.82, 2.24) is 5.32 Å². The number of hydrogen-bond acceptors (Lipinski definition) is 2. The number of carbonyl (C=O) groups is 1. The quantitative estimate of drug-likeness (QED) is 0.414. The largest absolute Gasteiger partial charge is 0.478 e. The Morgan fingerprint density at radius 3 is 2.55 bits per heavy atom. The summed E-state index contributed by atoms with van der Waals surface area (Å²) in [7, 11) is 0. The predicted molar refractivity (Wildman–Crippen MR) is 132 cm³/mol. The summed E-state index contributed by atoms with van der Waals surface area (Å²) in [5.74, 6) is -0.673. The van der Waals surface area contributed by atoms with Crippen molar-refractivity contribution < 1.29 is 13.9 Å². The molecule has 6 heteroatoms. The van der Waals surface area contributed by atoms with Crippen molar-refractivity contribution in [2.24, 2.45) is 5.92 Å². The first-order valence-electron chi connectivity index (χ1n) is 10.6. The summed E-state index contributed by atoms with van der Waals surface area (Å²) in [6, 6.07) is 11.3. The predicted octanol–water partition coefficient (Wildman–Crippen LogP) is 6.86. The highest BCUT2D eigenvalue weighted by atomic mass is 35.5. The van der Waals surface area contributed by atoms with Gasteiger partial charge >= 0.3 is 0 Å². The fraction of sp³-hybridized carbons (Fsp3) is 0.259. The highest BCUT2D eigenvalue weighted by Gasteiger charge is 2.33. The highest BCUT2D eigenvalue weighted by Crippen LogP contribution is 2.27. The van der Waals surface area contributed by atoms with Gasteiger partial charge in [0.1, 0.15) is 11.6 Å². The van der Waals surface area contributed by atoms with E-state index in [0.717, 1.165) is 11.1 Å². The number of amides is 1. The minimum atomic E-state index is -1.24. The molecule has 172 valence electrons. The van der Waals surface area contributed by atoms with Gasteiger partial charge in [-0.15, -0.1) is 5.73 Å². The number of carbonyl (C=O) groups excluding carboxylic acids is 1. The van der Waals surface area contributed by atoms with Crippen LogP contribution in [0.5, 0.6) is 5.75 Å². The van der Waals surface area contributed by atoms with Gasteiger partial charge in [-0.05, 0) is 74.7 Å². The first-order chi connectivity index (χ1) is 15.6. The first-order valence-corrected chi connectivity index (χ1v) is 11.4. The zero-order chi connectivity index (χ0) is 24.0. The Morgan fingerprint density at radius 2 is 1.85 bits per heavy atom. The van der Waals surface area contributed by atoms with Crippen LogP contribution in [0.1, 0.15) is 26.3 Å². The Labute approximate surface area is 204 Å². The molecule has 2 aromatic rings. The average Bonchev–Trinajstić information content (AvgIpc) is 3.01. The molecule has 2 unspecified atom stereocenters. The van der Waals surface area contributed by atoms with Gasteiger partial charge in [0.15, 0.2) is 5.60 Å². The monoisotopic (exact) mass is 485 g/mol. The topological polar surface area (TPSA) is 38.3 Å². The maximum atomic E-state index is 13.7. The summed E-state index contributed by atoms with van der Waals surface area (Å²) >= 11 is 12.0. The number of nitrogens with one attached hydrogen (secondary N) is 1. The molecule has 0 radical (unpaired) electrons. The lowest BCUT2D eigenvalue weighted by Crippen LogP contribution is -2.51. The van der Waals surface area contributed by atoms with Gasteiger partial charge in [-0.25, -0.2) is 4.39 Å². The van der Waals surface area contributed by atoms with Crippen molar-refractivity contribution >= 4 is 29.1 Å². The van der Waals surface area contributed by atoms with Gasteiger partial charge in [0, 0.05) is 28.1 Å². The third-order valence-corrected chi connectivity index (χ3v) is 5.84. The molecule has 1 N–H and O–H groups in total. The third kappa shape index (κ3) is 7.10. The zero-order valence-corrected chi connectivity index (χ0v) is 20.3. The van der Waals surface area contributed by atoms with E-state index in [1.165, 1.54) is 18.2 Å². The third-order valence-electron chi connectivity index (χ3n) is 5.37. The van der Waals surface area contributed by atoms with Gasteiger partial charge in [-0.2, -0.15) is 0 Å². The normalized spacial score (nSPS) is 14.9. The van der Waals surface area contributed by atoms with Crippen LogP contribution in [0.15, 0.2) is 84.1 Å². The van der Waals surface area contributed by atoms with E-state index in [4.69, 9.17) is 27.9 Å². The zero-order valence-electron chi connectivity index (χ0n) is 18.7. The number of allylic oxidation sites excluding steroid dienone is 4. The van der Waals surface area contributed by atoms with Gasteiger partial charge < -0.3 is 10.1 Å². The smallest absolute Gasteiger partial charge is 0.263 e. The molecule has 3 rings (SSSR count). The van der Waals surface area contributed by atoms with Gasteiger partial charge in [0.25, 0.3) is 5.91 Å². The van der Waals surface area contributed by atoms with E-state index < -0.39 is 11.4 Å². The maximum absolute atomic E-state index is 13.7. The molecule has 2 atom stereocenters. The molecule has 33 heavy (non-hydrogen) atoms. The summed E-state index contributed by atoms with van der Waals surface area (Å²) in [6.45, 7) is 5.24. The highest BCUT2D eigenvalue weighted by molar-refractivity contribution is 6.30. The number of hydrogen-bond donors (Lipinski definition) is 1. The lowest BCUT2D eigenvalue weighted by molar-refractivity contribution is -0.135. The van der Waals surface area contributed by atoms with Crippen LogP contribution >= 0.6 is 23.2 Å². The summed E-state index contributed by atoms with van der Waals surface area (Å²) < 4.78 is 19.5. The molecule has 0 fully saturated rings. The molecule has 2 aromatic carbocycles. The fourth-order valence-electron chi connectivity index (χ4n) is 3.58. The number of halogens is 3. The molecule has 0 spiro atoms. The molecule has 0 saturated carbocycles. The van der Waals surface area contributed by atoms with Crippen molar-refractivity contribution in [2.75, 3.05) is 0 Å². The lowest BCUT2D eigenvalue weighted by Gasteiger charge is -2.31. The lowest BCUT2D eigenvalue weighted by atomic mass is 9.85. The summed E-state index contributed by atoms with van der Waals surface area (Å²) in [5, 5.41) is 3.96. The van der Waals surface area contributed by atoms with Crippen LogP contribution in [0.4, 0.5) is 4.39 Å². The van der Waals surface area contributed by atoms with E-state index in [1.54, 1.807) is 13.8 Å². The van der Waals surface area contributed by atoms with Crippen molar-refractivity contribution in [3.05, 3.63) is 106 Å². The van der Waals surface area contributed by atoms with Crippen LogP contribution in [0, 0.1) is 11.7 Å². The molecule has 0 bridgehead atoms. The van der Waals surface area contributed by atoms with Crippen molar-refractivity contribution in [1.29, 1.82) is 0 Å². The van der Waals surface area contributed by atoms with E-state index in [0.29, 0.717) is 11.4 Å². The minimum Gasteiger partial charge on any atom is -0.478 e. The molecule has 0 saturated heterocycles. The Morgan fingerprint density at radius 1 is 1.12 bits per heavy atom. The summed E-state index contributed by atoms with van der Waals surface area (Å²) in [5.41, 5.74) is 3.99. The fourth-order valence-corrected chi connectivity index (χ4v) is 3.92. The van der Waals surface area contributed by atoms with Gasteiger partial charge in [-0.1, -0.05) is 53.6 Å². The Bertz CT molecular complexity index is 1110. The Hall–Kier alpha value is -2.78. The van der Waals surface area contributed by atoms with Crippen molar-refractivity contribution in [2.45, 2.75) is 38.8 Å².